The molecule has 0 saturated carbocycles. The number of hydrogen-bond donors (Lipinski definition) is 1. The standard InChI is InChI=1S/C10H22N2/c1-9(2,3)7-10(4,5)8(11)12-6/h7H2,1-6H3,(H2,11,12). The summed E-state index contributed by atoms with van der Waals surface area (Å²) in [5.41, 5.74) is 6.13. The first-order valence-corrected chi connectivity index (χ1v) is 4.42. The predicted octanol–water partition coefficient (Wildman–Crippen LogP) is 2.44. The molecule has 0 fully saturated rings. The van der Waals surface area contributed by atoms with Gasteiger partial charge in [-0.1, -0.05) is 34.6 Å². The van der Waals surface area contributed by atoms with Crippen molar-refractivity contribution in [1.29, 1.82) is 0 Å². The fourth-order valence-electron chi connectivity index (χ4n) is 1.72. The van der Waals surface area contributed by atoms with Gasteiger partial charge in [0.15, 0.2) is 0 Å². The third-order valence-electron chi connectivity index (χ3n) is 1.91. The Morgan fingerprint density at radius 2 is 1.58 bits per heavy atom. The highest BCUT2D eigenvalue weighted by molar-refractivity contribution is 5.85. The molecule has 0 heterocycles. The average Bonchev–Trinajstić information content (AvgIpc) is 1.80. The van der Waals surface area contributed by atoms with Gasteiger partial charge in [0.2, 0.25) is 0 Å². The number of aliphatic imine (C=N–C) groups is 1. The Bertz CT molecular complexity index is 173. The van der Waals surface area contributed by atoms with Crippen LogP contribution >= 0.6 is 0 Å². The Hall–Kier alpha value is -0.530. The van der Waals surface area contributed by atoms with E-state index in [0.29, 0.717) is 5.41 Å². The quantitative estimate of drug-likeness (QED) is 0.501. The van der Waals surface area contributed by atoms with Crippen molar-refractivity contribution in [3.05, 3.63) is 0 Å². The molecular formula is C10H22N2. The minimum absolute atomic E-state index is 0.0208. The summed E-state index contributed by atoms with van der Waals surface area (Å²) in [6, 6.07) is 0. The largest absolute Gasteiger partial charge is 0.387 e. The zero-order valence-electron chi connectivity index (χ0n) is 9.23. The number of nitrogens with two attached hydrogens (primary N) is 1. The summed E-state index contributed by atoms with van der Waals surface area (Å²) in [4.78, 5) is 4.04. The van der Waals surface area contributed by atoms with Crippen LogP contribution in [0.2, 0.25) is 0 Å². The molecule has 0 unspecified atom stereocenters. The van der Waals surface area contributed by atoms with E-state index in [2.05, 4.69) is 39.6 Å². The molecule has 0 aliphatic rings. The molecule has 2 N–H and O–H groups in total. The van der Waals surface area contributed by atoms with Gasteiger partial charge < -0.3 is 5.73 Å². The zero-order chi connectivity index (χ0) is 9.99. The molecular weight excluding hydrogens is 148 g/mol. The first-order chi connectivity index (χ1) is 5.19. The first kappa shape index (κ1) is 11.5. The predicted molar refractivity (Wildman–Crippen MR) is 55.4 cm³/mol. The van der Waals surface area contributed by atoms with Gasteiger partial charge in [-0.05, 0) is 11.8 Å². The highest BCUT2D eigenvalue weighted by atomic mass is 14.8. The van der Waals surface area contributed by atoms with Crippen LogP contribution in [-0.2, 0) is 0 Å². The van der Waals surface area contributed by atoms with Crippen molar-refractivity contribution in [1.82, 2.24) is 0 Å². The van der Waals surface area contributed by atoms with E-state index in [1.54, 1.807) is 7.05 Å². The van der Waals surface area contributed by atoms with Crippen LogP contribution < -0.4 is 5.73 Å². The molecule has 72 valence electrons. The SMILES string of the molecule is CN=C(N)C(C)(C)CC(C)(C)C. The van der Waals surface area contributed by atoms with Gasteiger partial charge in [-0.15, -0.1) is 0 Å². The normalized spacial score (nSPS) is 15.0. The molecule has 0 aliphatic carbocycles. The molecule has 12 heavy (non-hydrogen) atoms. The van der Waals surface area contributed by atoms with Gasteiger partial charge in [-0.2, -0.15) is 0 Å². The Balaban J connectivity index is 4.44. The average molecular weight is 170 g/mol. The smallest absolute Gasteiger partial charge is 0.0990 e. The van der Waals surface area contributed by atoms with Crippen molar-refractivity contribution < 1.29 is 0 Å². The van der Waals surface area contributed by atoms with E-state index in [-0.39, 0.29) is 5.41 Å². The van der Waals surface area contributed by atoms with E-state index < -0.39 is 0 Å². The summed E-state index contributed by atoms with van der Waals surface area (Å²) in [6.45, 7) is 10.9. The maximum absolute atomic E-state index is 5.81. The number of hydrogen-bond acceptors (Lipinski definition) is 1. The van der Waals surface area contributed by atoms with E-state index in [0.717, 1.165) is 12.3 Å². The number of nitrogens with zero attached hydrogens (tertiary/aromatic N) is 1. The van der Waals surface area contributed by atoms with Gasteiger partial charge in [-0.3, -0.25) is 4.99 Å². The van der Waals surface area contributed by atoms with Crippen LogP contribution in [0.25, 0.3) is 0 Å². The van der Waals surface area contributed by atoms with Crippen LogP contribution in [-0.4, -0.2) is 12.9 Å². The van der Waals surface area contributed by atoms with Crippen molar-refractivity contribution in [2.75, 3.05) is 7.05 Å². The number of rotatable bonds is 2. The van der Waals surface area contributed by atoms with E-state index in [1.807, 2.05) is 0 Å². The van der Waals surface area contributed by atoms with Crippen molar-refractivity contribution in [3.63, 3.8) is 0 Å². The van der Waals surface area contributed by atoms with E-state index in [1.165, 1.54) is 0 Å². The van der Waals surface area contributed by atoms with Gasteiger partial charge in [-0.25, -0.2) is 0 Å². The summed E-state index contributed by atoms with van der Waals surface area (Å²) in [6.07, 6.45) is 1.06. The summed E-state index contributed by atoms with van der Waals surface area (Å²) in [5, 5.41) is 0. The van der Waals surface area contributed by atoms with Gasteiger partial charge in [0.1, 0.15) is 0 Å². The van der Waals surface area contributed by atoms with Gasteiger partial charge in [0.05, 0.1) is 5.84 Å². The fraction of sp³-hybridized carbons (Fsp3) is 0.900. The monoisotopic (exact) mass is 170 g/mol. The van der Waals surface area contributed by atoms with Crippen LogP contribution in [0, 0.1) is 10.8 Å². The van der Waals surface area contributed by atoms with Gasteiger partial charge in [0, 0.05) is 12.5 Å². The molecule has 0 atom stereocenters. The third-order valence-corrected chi connectivity index (χ3v) is 1.91. The lowest BCUT2D eigenvalue weighted by Crippen LogP contribution is -2.35. The molecule has 0 amide bonds. The van der Waals surface area contributed by atoms with E-state index >= 15 is 0 Å². The van der Waals surface area contributed by atoms with Crippen molar-refractivity contribution in [2.45, 2.75) is 41.0 Å². The minimum atomic E-state index is 0.0208. The van der Waals surface area contributed by atoms with Crippen molar-refractivity contribution in [2.24, 2.45) is 21.6 Å². The molecule has 2 nitrogen and oxygen atoms in total. The summed E-state index contributed by atoms with van der Waals surface area (Å²) in [7, 11) is 1.75. The Kier molecular flexibility index (Phi) is 3.31. The lowest BCUT2D eigenvalue weighted by atomic mass is 9.75. The Labute approximate surface area is 76.3 Å². The van der Waals surface area contributed by atoms with Crippen LogP contribution in [0.1, 0.15) is 41.0 Å². The summed E-state index contributed by atoms with van der Waals surface area (Å²) in [5.74, 6) is 0.748. The second kappa shape index (κ2) is 3.46. The second-order valence-corrected chi connectivity index (χ2v) is 5.23. The number of amidine groups is 1. The highest BCUT2D eigenvalue weighted by Gasteiger charge is 2.28. The van der Waals surface area contributed by atoms with Crippen LogP contribution in [0.4, 0.5) is 0 Å². The summed E-state index contributed by atoms with van der Waals surface area (Å²) < 4.78 is 0. The Morgan fingerprint density at radius 1 is 1.17 bits per heavy atom. The van der Waals surface area contributed by atoms with Gasteiger partial charge >= 0.3 is 0 Å². The third kappa shape index (κ3) is 3.74. The van der Waals surface area contributed by atoms with Crippen molar-refractivity contribution >= 4 is 5.84 Å². The van der Waals surface area contributed by atoms with E-state index in [4.69, 9.17) is 5.73 Å². The fourth-order valence-corrected chi connectivity index (χ4v) is 1.72. The van der Waals surface area contributed by atoms with Crippen molar-refractivity contribution in [3.8, 4) is 0 Å². The molecule has 0 spiro atoms. The molecule has 0 radical (unpaired) electrons. The first-order valence-electron chi connectivity index (χ1n) is 4.42. The molecule has 0 aromatic carbocycles. The molecule has 0 aliphatic heterocycles. The maximum Gasteiger partial charge on any atom is 0.0990 e. The minimum Gasteiger partial charge on any atom is -0.387 e. The molecule has 0 rings (SSSR count). The lowest BCUT2D eigenvalue weighted by molar-refractivity contribution is 0.277. The van der Waals surface area contributed by atoms with Crippen LogP contribution in [0.15, 0.2) is 4.99 Å². The molecule has 0 saturated heterocycles. The van der Waals surface area contributed by atoms with Crippen LogP contribution in [0.3, 0.4) is 0 Å². The molecule has 0 aromatic heterocycles. The van der Waals surface area contributed by atoms with Crippen LogP contribution in [0.5, 0.6) is 0 Å². The molecule has 0 bridgehead atoms. The second-order valence-electron chi connectivity index (χ2n) is 5.23. The van der Waals surface area contributed by atoms with Gasteiger partial charge in [0.25, 0.3) is 0 Å². The Morgan fingerprint density at radius 3 is 1.83 bits per heavy atom. The lowest BCUT2D eigenvalue weighted by Gasteiger charge is -2.31. The molecule has 0 aromatic rings. The molecule has 2 heteroatoms. The topological polar surface area (TPSA) is 38.4 Å². The van der Waals surface area contributed by atoms with E-state index in [9.17, 15) is 0 Å². The zero-order valence-corrected chi connectivity index (χ0v) is 9.23. The maximum atomic E-state index is 5.81. The highest BCUT2D eigenvalue weighted by Crippen LogP contribution is 2.32. The summed E-state index contributed by atoms with van der Waals surface area (Å²) >= 11 is 0.